The van der Waals surface area contributed by atoms with E-state index in [0.717, 1.165) is 4.31 Å². The summed E-state index contributed by atoms with van der Waals surface area (Å²) in [5.74, 6) is -0.147. The lowest BCUT2D eigenvalue weighted by Crippen LogP contribution is -2.56. The van der Waals surface area contributed by atoms with Crippen LogP contribution < -0.4 is 5.32 Å². The van der Waals surface area contributed by atoms with Gasteiger partial charge >= 0.3 is 0 Å². The quantitative estimate of drug-likeness (QED) is 0.589. The maximum atomic E-state index is 12.6. The topological polar surface area (TPSA) is 110 Å². The van der Waals surface area contributed by atoms with Crippen molar-refractivity contribution in [2.75, 3.05) is 39.3 Å². The molecule has 1 aromatic rings. The Kier molecular flexibility index (Phi) is 4.63. The molecule has 0 aromatic heterocycles. The third-order valence-electron chi connectivity index (χ3n) is 4.44. The number of sulfonamides is 1. The summed E-state index contributed by atoms with van der Waals surface area (Å²) >= 11 is 0. The Morgan fingerprint density at radius 1 is 1.29 bits per heavy atom. The molecule has 24 heavy (non-hydrogen) atoms. The van der Waals surface area contributed by atoms with E-state index in [4.69, 9.17) is 0 Å². The molecule has 2 fully saturated rings. The largest absolute Gasteiger partial charge is 0.389 e. The average molecular weight is 355 g/mol. The first-order chi connectivity index (χ1) is 11.3. The zero-order chi connectivity index (χ0) is 17.4. The van der Waals surface area contributed by atoms with Crippen molar-refractivity contribution < 1.29 is 23.4 Å². The fourth-order valence-corrected chi connectivity index (χ4v) is 4.66. The number of hydrogen-bond donors (Lipinski definition) is 3. The minimum atomic E-state index is -3.78. The molecule has 2 aliphatic rings. The molecule has 2 aliphatic heterocycles. The highest BCUT2D eigenvalue weighted by molar-refractivity contribution is 7.89. The monoisotopic (exact) mass is 355 g/mol. The van der Waals surface area contributed by atoms with E-state index < -0.39 is 21.7 Å². The van der Waals surface area contributed by atoms with Gasteiger partial charge in [-0.2, -0.15) is 4.31 Å². The van der Waals surface area contributed by atoms with Gasteiger partial charge in [-0.05, 0) is 12.1 Å². The average Bonchev–Trinajstić information content (AvgIpc) is 2.84. The second-order valence-corrected chi connectivity index (χ2v) is 8.23. The smallest absolute Gasteiger partial charge is 0.243 e. The molecule has 1 aromatic carbocycles. The predicted octanol–water partition coefficient (Wildman–Crippen LogP) is -1.79. The van der Waals surface area contributed by atoms with E-state index in [9.17, 15) is 23.4 Å². The van der Waals surface area contributed by atoms with Gasteiger partial charge < -0.3 is 15.5 Å². The summed E-state index contributed by atoms with van der Waals surface area (Å²) in [6.45, 7) is 0.809. The van der Waals surface area contributed by atoms with Gasteiger partial charge in [-0.1, -0.05) is 18.2 Å². The van der Waals surface area contributed by atoms with Crippen molar-refractivity contribution in [2.24, 2.45) is 0 Å². The number of carbonyl (C=O) groups is 1. The normalized spacial score (nSPS) is 29.6. The molecule has 9 heteroatoms. The van der Waals surface area contributed by atoms with E-state index in [0.29, 0.717) is 13.1 Å². The number of carbonyl (C=O) groups excluding carboxylic acids is 1. The van der Waals surface area contributed by atoms with Crippen LogP contribution in [0.2, 0.25) is 0 Å². The third-order valence-corrected chi connectivity index (χ3v) is 6.27. The summed E-state index contributed by atoms with van der Waals surface area (Å²) in [5, 5.41) is 23.7. The minimum absolute atomic E-state index is 0.0440. The van der Waals surface area contributed by atoms with Crippen molar-refractivity contribution in [1.82, 2.24) is 14.5 Å². The summed E-state index contributed by atoms with van der Waals surface area (Å²) in [6, 6.07) is 7.92. The maximum absolute atomic E-state index is 12.6. The number of aliphatic hydroxyl groups excluding tert-OH is 1. The van der Waals surface area contributed by atoms with E-state index in [-0.39, 0.29) is 37.0 Å². The lowest BCUT2D eigenvalue weighted by atomic mass is 9.99. The van der Waals surface area contributed by atoms with Crippen molar-refractivity contribution in [3.8, 4) is 0 Å². The van der Waals surface area contributed by atoms with Crippen LogP contribution >= 0.6 is 0 Å². The Hall–Kier alpha value is -1.52. The number of piperazine rings is 1. The SMILES string of the molecule is O=C1CN(C[C@]2(O)CN(S(=O)(=O)c3ccccc3)C[C@H]2O)CCN1. The molecular weight excluding hydrogens is 334 g/mol. The Labute approximate surface area is 140 Å². The van der Waals surface area contributed by atoms with E-state index in [1.165, 1.54) is 12.1 Å². The van der Waals surface area contributed by atoms with E-state index in [1.54, 1.807) is 23.1 Å². The molecule has 1 amide bonds. The number of nitrogens with zero attached hydrogens (tertiary/aromatic N) is 2. The van der Waals surface area contributed by atoms with Crippen LogP contribution in [-0.2, 0) is 14.8 Å². The molecule has 3 rings (SSSR count). The van der Waals surface area contributed by atoms with Crippen molar-refractivity contribution in [1.29, 1.82) is 0 Å². The summed E-state index contributed by atoms with van der Waals surface area (Å²) in [7, 11) is -3.78. The third kappa shape index (κ3) is 3.31. The lowest BCUT2D eigenvalue weighted by molar-refractivity contribution is -0.126. The zero-order valence-electron chi connectivity index (χ0n) is 13.1. The van der Waals surface area contributed by atoms with Gasteiger partial charge in [0.05, 0.1) is 17.5 Å². The van der Waals surface area contributed by atoms with Crippen molar-refractivity contribution in [3.63, 3.8) is 0 Å². The fraction of sp³-hybridized carbons (Fsp3) is 0.533. The summed E-state index contributed by atoms with van der Waals surface area (Å²) in [5.41, 5.74) is -1.60. The van der Waals surface area contributed by atoms with Gasteiger partial charge in [-0.15, -0.1) is 0 Å². The van der Waals surface area contributed by atoms with Crippen LogP contribution in [-0.4, -0.2) is 84.7 Å². The van der Waals surface area contributed by atoms with Gasteiger partial charge in [0, 0.05) is 32.7 Å². The lowest BCUT2D eigenvalue weighted by Gasteiger charge is -2.34. The number of β-amino-alcohol motifs (C(OH)–C–C–N with tert-alkyl or cyclic N) is 2. The van der Waals surface area contributed by atoms with Crippen molar-refractivity contribution in [3.05, 3.63) is 30.3 Å². The first kappa shape index (κ1) is 17.3. The summed E-state index contributed by atoms with van der Waals surface area (Å²) < 4.78 is 26.4. The van der Waals surface area contributed by atoms with Crippen LogP contribution in [0.1, 0.15) is 0 Å². The summed E-state index contributed by atoms with van der Waals surface area (Å²) in [6.07, 6.45) is -1.21. The van der Waals surface area contributed by atoms with Gasteiger partial charge in [-0.3, -0.25) is 9.69 Å². The second kappa shape index (κ2) is 6.41. The Bertz CT molecular complexity index is 711. The molecule has 0 bridgehead atoms. The standard InChI is InChI=1S/C15H21N3O5S/c19-13-8-18(24(22,23)12-4-2-1-3-5-12)11-15(13,21)10-17-7-6-16-14(20)9-17/h1-5,13,19,21H,6-11H2,(H,16,20)/t13-,15+/m1/s1. The van der Waals surface area contributed by atoms with Crippen LogP contribution in [0.15, 0.2) is 35.2 Å². The maximum Gasteiger partial charge on any atom is 0.243 e. The first-order valence-electron chi connectivity index (χ1n) is 7.76. The molecule has 2 heterocycles. The number of nitrogens with one attached hydrogen (secondary N) is 1. The molecule has 132 valence electrons. The van der Waals surface area contributed by atoms with Gasteiger partial charge in [0.1, 0.15) is 5.60 Å². The Morgan fingerprint density at radius 3 is 2.67 bits per heavy atom. The van der Waals surface area contributed by atoms with Gasteiger partial charge in [-0.25, -0.2) is 8.42 Å². The van der Waals surface area contributed by atoms with Gasteiger partial charge in [0.25, 0.3) is 0 Å². The molecule has 3 N–H and O–H groups in total. The number of hydrogen-bond acceptors (Lipinski definition) is 6. The van der Waals surface area contributed by atoms with Crippen LogP contribution in [0.4, 0.5) is 0 Å². The number of benzene rings is 1. The highest BCUT2D eigenvalue weighted by Gasteiger charge is 2.49. The number of amides is 1. The first-order valence-corrected chi connectivity index (χ1v) is 9.20. The second-order valence-electron chi connectivity index (χ2n) is 6.29. The molecule has 0 aliphatic carbocycles. The highest BCUT2D eigenvalue weighted by Crippen LogP contribution is 2.28. The van der Waals surface area contributed by atoms with Crippen molar-refractivity contribution in [2.45, 2.75) is 16.6 Å². The van der Waals surface area contributed by atoms with Crippen LogP contribution in [0.5, 0.6) is 0 Å². The molecule has 2 saturated heterocycles. The zero-order valence-corrected chi connectivity index (χ0v) is 13.9. The van der Waals surface area contributed by atoms with Crippen LogP contribution in [0.25, 0.3) is 0 Å². The van der Waals surface area contributed by atoms with Gasteiger partial charge in [0.2, 0.25) is 15.9 Å². The molecular formula is C15H21N3O5S. The Morgan fingerprint density at radius 2 is 2.00 bits per heavy atom. The molecule has 0 saturated carbocycles. The summed E-state index contributed by atoms with van der Waals surface area (Å²) in [4.78, 5) is 13.3. The van der Waals surface area contributed by atoms with E-state index >= 15 is 0 Å². The molecule has 0 unspecified atom stereocenters. The Balaban J connectivity index is 1.75. The fourth-order valence-electron chi connectivity index (χ4n) is 3.13. The van der Waals surface area contributed by atoms with Crippen LogP contribution in [0.3, 0.4) is 0 Å². The number of rotatable bonds is 4. The minimum Gasteiger partial charge on any atom is -0.389 e. The molecule has 0 radical (unpaired) electrons. The highest BCUT2D eigenvalue weighted by atomic mass is 32.2. The van der Waals surface area contributed by atoms with Crippen LogP contribution in [0, 0.1) is 0 Å². The molecule has 2 atom stereocenters. The van der Waals surface area contributed by atoms with E-state index in [2.05, 4.69) is 5.32 Å². The van der Waals surface area contributed by atoms with Gasteiger partial charge in [0.15, 0.2) is 0 Å². The predicted molar refractivity (Wildman–Crippen MR) is 85.6 cm³/mol. The van der Waals surface area contributed by atoms with E-state index in [1.807, 2.05) is 0 Å². The number of aliphatic hydroxyl groups is 2. The molecule has 8 nitrogen and oxygen atoms in total. The van der Waals surface area contributed by atoms with Crippen molar-refractivity contribution >= 4 is 15.9 Å². The molecule has 0 spiro atoms.